The summed E-state index contributed by atoms with van der Waals surface area (Å²) in [5.41, 5.74) is 4.42. The number of aryl methyl sites for hydroxylation is 3. The van der Waals surface area contributed by atoms with E-state index in [1.807, 2.05) is 13.0 Å². The van der Waals surface area contributed by atoms with Crippen molar-refractivity contribution in [1.82, 2.24) is 9.97 Å². The van der Waals surface area contributed by atoms with Gasteiger partial charge in [-0.25, -0.2) is 9.97 Å². The standard InChI is InChI=1S/C13H14ClN3/c1-8-4-5-11(9(2)6-8)16-12-10(3)7-15-13(14)17-12/h4-7H,1-3H3,(H,15,16,17). The number of nitrogens with zero attached hydrogens (tertiary/aromatic N) is 2. The molecular formula is C13H14ClN3. The third-order valence-electron chi connectivity index (χ3n) is 2.58. The van der Waals surface area contributed by atoms with Gasteiger partial charge >= 0.3 is 0 Å². The summed E-state index contributed by atoms with van der Waals surface area (Å²) in [4.78, 5) is 8.11. The van der Waals surface area contributed by atoms with Crippen molar-refractivity contribution < 1.29 is 0 Å². The maximum Gasteiger partial charge on any atom is 0.224 e. The second-order valence-corrected chi connectivity index (χ2v) is 4.45. The molecule has 1 aromatic heterocycles. The second-order valence-electron chi connectivity index (χ2n) is 4.11. The van der Waals surface area contributed by atoms with Crippen LogP contribution < -0.4 is 5.32 Å². The maximum atomic E-state index is 5.79. The Labute approximate surface area is 106 Å². The van der Waals surface area contributed by atoms with Crippen LogP contribution in [0.5, 0.6) is 0 Å². The van der Waals surface area contributed by atoms with Gasteiger partial charge in [0.25, 0.3) is 0 Å². The zero-order valence-corrected chi connectivity index (χ0v) is 10.8. The molecule has 0 aliphatic rings. The van der Waals surface area contributed by atoms with Crippen molar-refractivity contribution in [1.29, 1.82) is 0 Å². The fourth-order valence-electron chi connectivity index (χ4n) is 1.63. The molecule has 2 rings (SSSR count). The average molecular weight is 248 g/mol. The summed E-state index contributed by atoms with van der Waals surface area (Å²) in [6.45, 7) is 6.08. The summed E-state index contributed by atoms with van der Waals surface area (Å²) in [6, 6.07) is 6.23. The zero-order valence-electron chi connectivity index (χ0n) is 10.1. The van der Waals surface area contributed by atoms with Crippen LogP contribution in [0.4, 0.5) is 11.5 Å². The maximum absolute atomic E-state index is 5.79. The van der Waals surface area contributed by atoms with Gasteiger partial charge < -0.3 is 5.32 Å². The van der Waals surface area contributed by atoms with E-state index in [9.17, 15) is 0 Å². The Morgan fingerprint density at radius 2 is 1.88 bits per heavy atom. The Morgan fingerprint density at radius 3 is 2.59 bits per heavy atom. The first-order valence-corrected chi connectivity index (χ1v) is 5.77. The molecule has 0 amide bonds. The molecule has 0 unspecified atom stereocenters. The highest BCUT2D eigenvalue weighted by Crippen LogP contribution is 2.22. The molecule has 1 aromatic carbocycles. The zero-order chi connectivity index (χ0) is 12.4. The number of hydrogen-bond acceptors (Lipinski definition) is 3. The predicted molar refractivity (Wildman–Crippen MR) is 71.0 cm³/mol. The van der Waals surface area contributed by atoms with Gasteiger partial charge in [-0.15, -0.1) is 0 Å². The molecule has 0 saturated carbocycles. The Kier molecular flexibility index (Phi) is 3.29. The molecule has 0 aliphatic heterocycles. The molecular weight excluding hydrogens is 234 g/mol. The van der Waals surface area contributed by atoms with Crippen LogP contribution >= 0.6 is 11.6 Å². The summed E-state index contributed by atoms with van der Waals surface area (Å²) >= 11 is 5.79. The number of rotatable bonds is 2. The molecule has 0 spiro atoms. The van der Waals surface area contributed by atoms with Crippen LogP contribution in [0, 0.1) is 20.8 Å². The Morgan fingerprint density at radius 1 is 1.12 bits per heavy atom. The predicted octanol–water partition coefficient (Wildman–Crippen LogP) is 3.80. The lowest BCUT2D eigenvalue weighted by Crippen LogP contribution is -1.99. The molecule has 0 atom stereocenters. The van der Waals surface area contributed by atoms with Crippen molar-refractivity contribution in [2.75, 3.05) is 5.32 Å². The van der Waals surface area contributed by atoms with Gasteiger partial charge in [0.15, 0.2) is 0 Å². The van der Waals surface area contributed by atoms with Crippen molar-refractivity contribution in [2.24, 2.45) is 0 Å². The van der Waals surface area contributed by atoms with Gasteiger partial charge in [-0.05, 0) is 44.0 Å². The van der Waals surface area contributed by atoms with E-state index in [0.29, 0.717) is 0 Å². The minimum atomic E-state index is 0.253. The summed E-state index contributed by atoms with van der Waals surface area (Å²) in [6.07, 6.45) is 1.71. The number of anilines is 2. The summed E-state index contributed by atoms with van der Waals surface area (Å²) in [7, 11) is 0. The molecule has 88 valence electrons. The molecule has 1 N–H and O–H groups in total. The van der Waals surface area contributed by atoms with Crippen LogP contribution in [0.25, 0.3) is 0 Å². The number of aromatic nitrogens is 2. The first-order chi connectivity index (χ1) is 8.06. The topological polar surface area (TPSA) is 37.8 Å². The summed E-state index contributed by atoms with van der Waals surface area (Å²) in [5.74, 6) is 0.747. The molecule has 4 heteroatoms. The van der Waals surface area contributed by atoms with Gasteiger partial charge in [0.1, 0.15) is 5.82 Å². The van der Waals surface area contributed by atoms with Crippen LogP contribution in [-0.2, 0) is 0 Å². The highest BCUT2D eigenvalue weighted by Gasteiger charge is 2.04. The average Bonchev–Trinajstić information content (AvgIpc) is 2.27. The molecule has 2 aromatic rings. The summed E-state index contributed by atoms with van der Waals surface area (Å²) in [5, 5.41) is 3.53. The third-order valence-corrected chi connectivity index (χ3v) is 2.76. The van der Waals surface area contributed by atoms with E-state index in [2.05, 4.69) is 41.3 Å². The minimum absolute atomic E-state index is 0.253. The molecule has 0 fully saturated rings. The Hall–Kier alpha value is -1.61. The van der Waals surface area contributed by atoms with Crippen LogP contribution in [0.15, 0.2) is 24.4 Å². The van der Waals surface area contributed by atoms with Crippen LogP contribution in [-0.4, -0.2) is 9.97 Å². The number of hydrogen-bond donors (Lipinski definition) is 1. The van der Waals surface area contributed by atoms with E-state index in [0.717, 1.165) is 17.1 Å². The van der Waals surface area contributed by atoms with Crippen LogP contribution in [0.1, 0.15) is 16.7 Å². The van der Waals surface area contributed by atoms with Crippen molar-refractivity contribution in [3.8, 4) is 0 Å². The number of halogens is 1. The van der Waals surface area contributed by atoms with Gasteiger partial charge in [0.2, 0.25) is 5.28 Å². The highest BCUT2D eigenvalue weighted by atomic mass is 35.5. The smallest absolute Gasteiger partial charge is 0.224 e. The largest absolute Gasteiger partial charge is 0.340 e. The lowest BCUT2D eigenvalue weighted by molar-refractivity contribution is 1.13. The minimum Gasteiger partial charge on any atom is -0.340 e. The van der Waals surface area contributed by atoms with Crippen molar-refractivity contribution in [3.05, 3.63) is 46.4 Å². The van der Waals surface area contributed by atoms with Gasteiger partial charge in [-0.2, -0.15) is 0 Å². The fraction of sp³-hybridized carbons (Fsp3) is 0.231. The van der Waals surface area contributed by atoms with Gasteiger partial charge in [-0.1, -0.05) is 17.7 Å². The molecule has 17 heavy (non-hydrogen) atoms. The van der Waals surface area contributed by atoms with Gasteiger partial charge in [0.05, 0.1) is 0 Å². The third kappa shape index (κ3) is 2.74. The van der Waals surface area contributed by atoms with Crippen LogP contribution in [0.2, 0.25) is 5.28 Å². The highest BCUT2D eigenvalue weighted by molar-refractivity contribution is 6.28. The first kappa shape index (κ1) is 11.9. The molecule has 0 bridgehead atoms. The molecule has 1 heterocycles. The normalized spacial score (nSPS) is 10.4. The van der Waals surface area contributed by atoms with Gasteiger partial charge in [-0.3, -0.25) is 0 Å². The van der Waals surface area contributed by atoms with Crippen molar-refractivity contribution in [2.45, 2.75) is 20.8 Å². The van der Waals surface area contributed by atoms with E-state index in [-0.39, 0.29) is 5.28 Å². The fourth-order valence-corrected chi connectivity index (χ4v) is 1.76. The Bertz CT molecular complexity index is 552. The lowest BCUT2D eigenvalue weighted by atomic mass is 10.1. The van der Waals surface area contributed by atoms with E-state index in [4.69, 9.17) is 11.6 Å². The van der Waals surface area contributed by atoms with E-state index in [1.54, 1.807) is 6.20 Å². The quantitative estimate of drug-likeness (QED) is 0.821. The van der Waals surface area contributed by atoms with Crippen molar-refractivity contribution in [3.63, 3.8) is 0 Å². The van der Waals surface area contributed by atoms with E-state index >= 15 is 0 Å². The van der Waals surface area contributed by atoms with Gasteiger partial charge in [0, 0.05) is 17.4 Å². The van der Waals surface area contributed by atoms with E-state index < -0.39 is 0 Å². The van der Waals surface area contributed by atoms with Crippen molar-refractivity contribution >= 4 is 23.1 Å². The number of benzene rings is 1. The summed E-state index contributed by atoms with van der Waals surface area (Å²) < 4.78 is 0. The van der Waals surface area contributed by atoms with E-state index in [1.165, 1.54) is 11.1 Å². The molecule has 0 aliphatic carbocycles. The lowest BCUT2D eigenvalue weighted by Gasteiger charge is -2.11. The SMILES string of the molecule is Cc1ccc(Nc2nc(Cl)ncc2C)c(C)c1. The monoisotopic (exact) mass is 247 g/mol. The molecule has 0 radical (unpaired) electrons. The second kappa shape index (κ2) is 4.72. The first-order valence-electron chi connectivity index (χ1n) is 5.39. The number of nitrogens with one attached hydrogen (secondary N) is 1. The Balaban J connectivity index is 2.34. The van der Waals surface area contributed by atoms with Crippen LogP contribution in [0.3, 0.4) is 0 Å². The molecule has 3 nitrogen and oxygen atoms in total. The molecule has 0 saturated heterocycles.